The molecule has 2 aliphatic rings. The van der Waals surface area contributed by atoms with E-state index in [9.17, 15) is 8.42 Å². The molecule has 134 valence electrons. The minimum absolute atomic E-state index is 0.172. The van der Waals surface area contributed by atoms with Gasteiger partial charge in [0.25, 0.3) is 0 Å². The molecule has 3 rings (SSSR count). The summed E-state index contributed by atoms with van der Waals surface area (Å²) in [6, 6.07) is 4.55. The van der Waals surface area contributed by atoms with Crippen LogP contribution in [0.25, 0.3) is 0 Å². The van der Waals surface area contributed by atoms with Crippen molar-refractivity contribution >= 4 is 10.0 Å². The summed E-state index contributed by atoms with van der Waals surface area (Å²) in [7, 11) is -3.12. The zero-order valence-corrected chi connectivity index (χ0v) is 15.6. The molecule has 0 aromatic carbocycles. The molecule has 2 fully saturated rings. The quantitative estimate of drug-likeness (QED) is 0.818. The number of pyridine rings is 1. The smallest absolute Gasteiger partial charge is 0.211 e. The number of likely N-dealkylation sites (tertiary alicyclic amines) is 1. The molecule has 24 heavy (non-hydrogen) atoms. The van der Waals surface area contributed by atoms with Crippen molar-refractivity contribution in [1.29, 1.82) is 0 Å². The van der Waals surface area contributed by atoms with Crippen LogP contribution in [0.2, 0.25) is 0 Å². The largest absolute Gasteiger partial charge is 0.299 e. The lowest BCUT2D eigenvalue weighted by Crippen LogP contribution is -2.49. The van der Waals surface area contributed by atoms with Crippen molar-refractivity contribution < 1.29 is 8.42 Å². The van der Waals surface area contributed by atoms with Crippen molar-refractivity contribution in [2.24, 2.45) is 0 Å². The van der Waals surface area contributed by atoms with Crippen molar-refractivity contribution in [3.05, 3.63) is 29.6 Å². The van der Waals surface area contributed by atoms with Gasteiger partial charge in [-0.15, -0.1) is 0 Å². The maximum absolute atomic E-state index is 12.3. The normalized spacial score (nSPS) is 23.9. The Hall–Kier alpha value is -0.980. The molecule has 0 N–H and O–H groups in total. The molecule has 0 amide bonds. The molecule has 0 spiro atoms. The second-order valence-corrected chi connectivity index (χ2v) is 9.17. The second-order valence-electron chi connectivity index (χ2n) is 7.29. The maximum atomic E-state index is 12.3. The van der Waals surface area contributed by atoms with Gasteiger partial charge in [0, 0.05) is 37.1 Å². The van der Waals surface area contributed by atoms with E-state index in [4.69, 9.17) is 0 Å². The van der Waals surface area contributed by atoms with Gasteiger partial charge < -0.3 is 0 Å². The van der Waals surface area contributed by atoms with E-state index in [1.54, 1.807) is 0 Å². The number of rotatable bonds is 5. The third kappa shape index (κ3) is 4.16. The third-order valence-corrected chi connectivity index (χ3v) is 6.84. The van der Waals surface area contributed by atoms with Crippen LogP contribution in [-0.2, 0) is 16.6 Å². The highest BCUT2D eigenvalue weighted by molar-refractivity contribution is 7.88. The fourth-order valence-electron chi connectivity index (χ4n) is 3.96. The summed E-state index contributed by atoms with van der Waals surface area (Å²) in [5, 5.41) is 0. The van der Waals surface area contributed by atoms with Crippen LogP contribution in [-0.4, -0.2) is 54.0 Å². The fraction of sp³-hybridized carbons (Fsp3) is 0.722. The Morgan fingerprint density at radius 2 is 1.88 bits per heavy atom. The van der Waals surface area contributed by atoms with E-state index in [1.165, 1.54) is 11.8 Å². The van der Waals surface area contributed by atoms with Crippen molar-refractivity contribution in [3.8, 4) is 0 Å². The lowest BCUT2D eigenvalue weighted by atomic mass is 9.91. The Labute approximate surface area is 146 Å². The molecule has 0 radical (unpaired) electrons. The van der Waals surface area contributed by atoms with Crippen LogP contribution in [0.1, 0.15) is 49.8 Å². The second kappa shape index (κ2) is 7.50. The molecule has 1 saturated carbocycles. The number of aryl methyl sites for hydroxylation is 1. The molecular formula is C18H29N3O2S. The summed E-state index contributed by atoms with van der Waals surface area (Å²) in [5.74, 6) is 0. The van der Waals surface area contributed by atoms with E-state index in [0.717, 1.165) is 63.9 Å². The minimum atomic E-state index is -3.12. The predicted molar refractivity (Wildman–Crippen MR) is 96.2 cm³/mol. The molecule has 1 atom stereocenters. The Balaban J connectivity index is 1.65. The van der Waals surface area contributed by atoms with Gasteiger partial charge in [0.15, 0.2) is 0 Å². The fourth-order valence-corrected chi connectivity index (χ4v) is 5.46. The molecule has 6 heteroatoms. The highest BCUT2D eigenvalue weighted by Crippen LogP contribution is 2.32. The van der Waals surface area contributed by atoms with Crippen molar-refractivity contribution in [2.45, 2.75) is 64.1 Å². The SMILES string of the molecule is Cc1ncccc1CN1CCC[C@@H](N(C2CCC2)S(C)(=O)=O)CC1. The first-order valence-electron chi connectivity index (χ1n) is 9.06. The molecular weight excluding hydrogens is 322 g/mol. The van der Waals surface area contributed by atoms with Crippen molar-refractivity contribution in [1.82, 2.24) is 14.2 Å². The van der Waals surface area contributed by atoms with Gasteiger partial charge in [-0.3, -0.25) is 9.88 Å². The van der Waals surface area contributed by atoms with Crippen molar-refractivity contribution in [3.63, 3.8) is 0 Å². The summed E-state index contributed by atoms with van der Waals surface area (Å²) in [6.45, 7) is 4.96. The number of aromatic nitrogens is 1. The van der Waals surface area contributed by atoms with Crippen LogP contribution >= 0.6 is 0 Å². The van der Waals surface area contributed by atoms with Crippen LogP contribution in [0.3, 0.4) is 0 Å². The standard InChI is InChI=1S/C18H29N3O2S/c1-15-16(6-4-11-19-15)14-20-12-5-9-18(10-13-20)21(24(2,22)23)17-7-3-8-17/h4,6,11,17-18H,3,5,7-10,12-14H2,1-2H3/t18-/m1/s1. The summed E-state index contributed by atoms with van der Waals surface area (Å²) in [6.07, 6.45) is 9.41. The van der Waals surface area contributed by atoms with E-state index in [0.29, 0.717) is 0 Å². The molecule has 1 aromatic rings. The lowest BCUT2D eigenvalue weighted by molar-refractivity contribution is 0.160. The van der Waals surface area contributed by atoms with Gasteiger partial charge in [-0.2, -0.15) is 4.31 Å². The zero-order valence-electron chi connectivity index (χ0n) is 14.8. The van der Waals surface area contributed by atoms with E-state index in [2.05, 4.69) is 22.9 Å². The molecule has 2 heterocycles. The van der Waals surface area contributed by atoms with Crippen LogP contribution < -0.4 is 0 Å². The summed E-state index contributed by atoms with van der Waals surface area (Å²) < 4.78 is 26.4. The predicted octanol–water partition coefficient (Wildman–Crippen LogP) is 2.56. The zero-order chi connectivity index (χ0) is 17.2. The van der Waals surface area contributed by atoms with Crippen molar-refractivity contribution in [2.75, 3.05) is 19.3 Å². The Bertz CT molecular complexity index is 658. The molecule has 1 aromatic heterocycles. The maximum Gasteiger partial charge on any atom is 0.211 e. The highest BCUT2D eigenvalue weighted by Gasteiger charge is 2.37. The highest BCUT2D eigenvalue weighted by atomic mass is 32.2. The van der Waals surface area contributed by atoms with Gasteiger partial charge in [0.1, 0.15) is 0 Å². The Morgan fingerprint density at radius 3 is 2.50 bits per heavy atom. The van der Waals surface area contributed by atoms with Gasteiger partial charge in [-0.05, 0) is 57.2 Å². The third-order valence-electron chi connectivity index (χ3n) is 5.48. The number of hydrogen-bond acceptors (Lipinski definition) is 4. The van der Waals surface area contributed by atoms with Gasteiger partial charge >= 0.3 is 0 Å². The molecule has 0 unspecified atom stereocenters. The van der Waals surface area contributed by atoms with E-state index < -0.39 is 10.0 Å². The number of sulfonamides is 1. The minimum Gasteiger partial charge on any atom is -0.299 e. The first-order valence-corrected chi connectivity index (χ1v) is 10.9. The molecule has 1 aliphatic heterocycles. The average molecular weight is 352 g/mol. The van der Waals surface area contributed by atoms with Crippen LogP contribution in [0.4, 0.5) is 0 Å². The molecule has 1 aliphatic carbocycles. The number of hydrogen-bond donors (Lipinski definition) is 0. The summed E-state index contributed by atoms with van der Waals surface area (Å²) in [5.41, 5.74) is 2.36. The molecule has 5 nitrogen and oxygen atoms in total. The average Bonchev–Trinajstić information content (AvgIpc) is 2.69. The lowest BCUT2D eigenvalue weighted by Gasteiger charge is -2.40. The van der Waals surface area contributed by atoms with Gasteiger partial charge in [0.2, 0.25) is 10.0 Å². The number of nitrogens with zero attached hydrogens (tertiary/aromatic N) is 3. The Kier molecular flexibility index (Phi) is 5.57. The van der Waals surface area contributed by atoms with Crippen LogP contribution in [0, 0.1) is 6.92 Å². The molecule has 0 bridgehead atoms. The van der Waals surface area contributed by atoms with E-state index in [-0.39, 0.29) is 12.1 Å². The Morgan fingerprint density at radius 1 is 1.17 bits per heavy atom. The monoisotopic (exact) mass is 351 g/mol. The summed E-state index contributed by atoms with van der Waals surface area (Å²) >= 11 is 0. The van der Waals surface area contributed by atoms with Crippen LogP contribution in [0.5, 0.6) is 0 Å². The van der Waals surface area contributed by atoms with E-state index in [1.807, 2.05) is 16.6 Å². The first-order chi connectivity index (χ1) is 11.4. The van der Waals surface area contributed by atoms with E-state index >= 15 is 0 Å². The van der Waals surface area contributed by atoms with Gasteiger partial charge in [-0.1, -0.05) is 12.5 Å². The van der Waals surface area contributed by atoms with Crippen LogP contribution in [0.15, 0.2) is 18.3 Å². The molecule has 1 saturated heterocycles. The topological polar surface area (TPSA) is 53.5 Å². The van der Waals surface area contributed by atoms with Gasteiger partial charge in [-0.25, -0.2) is 8.42 Å². The first kappa shape index (κ1) is 17.8. The van der Waals surface area contributed by atoms with Gasteiger partial charge in [0.05, 0.1) is 6.26 Å². The summed E-state index contributed by atoms with van der Waals surface area (Å²) in [4.78, 5) is 6.82.